The number of nitrogens with one attached hydrogen (secondary N) is 1. The summed E-state index contributed by atoms with van der Waals surface area (Å²) in [7, 11) is 0. The van der Waals surface area contributed by atoms with E-state index in [1.807, 2.05) is 0 Å². The predicted molar refractivity (Wildman–Crippen MR) is 71.7 cm³/mol. The highest BCUT2D eigenvalue weighted by atomic mass is 79.9. The number of rotatable bonds is 3. The van der Waals surface area contributed by atoms with Gasteiger partial charge in [-0.15, -0.1) is 0 Å². The Balaban J connectivity index is 2.02. The van der Waals surface area contributed by atoms with Gasteiger partial charge in [0.1, 0.15) is 11.6 Å². The molecule has 2 aromatic carbocycles. The number of benzene rings is 2. The van der Waals surface area contributed by atoms with Crippen LogP contribution in [0.2, 0.25) is 0 Å². The van der Waals surface area contributed by atoms with Gasteiger partial charge in [-0.25, -0.2) is 8.78 Å². The zero-order valence-corrected chi connectivity index (χ0v) is 10.8. The molecule has 0 spiro atoms. The van der Waals surface area contributed by atoms with Crippen LogP contribution >= 0.6 is 15.9 Å². The van der Waals surface area contributed by atoms with Gasteiger partial charge in [-0.3, -0.25) is 5.43 Å². The van der Waals surface area contributed by atoms with Crippen molar-refractivity contribution in [2.75, 3.05) is 5.43 Å². The van der Waals surface area contributed by atoms with Crippen LogP contribution in [-0.2, 0) is 0 Å². The van der Waals surface area contributed by atoms with Gasteiger partial charge < -0.3 is 0 Å². The molecule has 0 aromatic heterocycles. The highest BCUT2D eigenvalue weighted by Crippen LogP contribution is 2.15. The van der Waals surface area contributed by atoms with Crippen LogP contribution in [0.15, 0.2) is 52.0 Å². The van der Waals surface area contributed by atoms with Gasteiger partial charge in [0.25, 0.3) is 0 Å². The highest BCUT2D eigenvalue weighted by Gasteiger charge is 1.98. The molecule has 0 saturated heterocycles. The molecule has 2 aromatic rings. The van der Waals surface area contributed by atoms with E-state index >= 15 is 0 Å². The second-order valence-corrected chi connectivity index (χ2v) is 4.40. The monoisotopic (exact) mass is 310 g/mol. The SMILES string of the molecule is Fc1ccc(N/N=C\c2ccc(F)c(Br)c2)cc1. The van der Waals surface area contributed by atoms with Crippen molar-refractivity contribution in [1.29, 1.82) is 0 Å². The third-order valence-corrected chi connectivity index (χ3v) is 2.80. The van der Waals surface area contributed by atoms with Crippen molar-refractivity contribution >= 4 is 27.8 Å². The summed E-state index contributed by atoms with van der Waals surface area (Å²) >= 11 is 3.09. The first-order chi connectivity index (χ1) is 8.65. The number of hydrogen-bond donors (Lipinski definition) is 1. The number of halogens is 3. The van der Waals surface area contributed by atoms with Crippen LogP contribution in [0.5, 0.6) is 0 Å². The second kappa shape index (κ2) is 5.73. The normalized spacial score (nSPS) is 10.8. The van der Waals surface area contributed by atoms with Crippen molar-refractivity contribution in [2.45, 2.75) is 0 Å². The van der Waals surface area contributed by atoms with Gasteiger partial charge in [0, 0.05) is 0 Å². The number of hydrogen-bond acceptors (Lipinski definition) is 2. The Labute approximate surface area is 111 Å². The molecule has 5 heteroatoms. The van der Waals surface area contributed by atoms with E-state index in [9.17, 15) is 8.78 Å². The van der Waals surface area contributed by atoms with Gasteiger partial charge in [-0.2, -0.15) is 5.10 Å². The maximum atomic E-state index is 13.0. The third-order valence-electron chi connectivity index (χ3n) is 2.20. The molecule has 0 heterocycles. The van der Waals surface area contributed by atoms with Gasteiger partial charge >= 0.3 is 0 Å². The Hall–Kier alpha value is -1.75. The molecule has 1 N–H and O–H groups in total. The van der Waals surface area contributed by atoms with E-state index in [1.54, 1.807) is 30.5 Å². The zero-order valence-electron chi connectivity index (χ0n) is 9.20. The van der Waals surface area contributed by atoms with Crippen molar-refractivity contribution in [3.05, 3.63) is 64.1 Å². The fourth-order valence-corrected chi connectivity index (χ4v) is 1.69. The molecule has 0 bridgehead atoms. The quantitative estimate of drug-likeness (QED) is 0.667. The van der Waals surface area contributed by atoms with E-state index in [2.05, 4.69) is 26.5 Å². The average Bonchev–Trinajstić information content (AvgIpc) is 2.36. The van der Waals surface area contributed by atoms with Crippen molar-refractivity contribution in [3.8, 4) is 0 Å². The van der Waals surface area contributed by atoms with Gasteiger partial charge in [0.05, 0.1) is 16.4 Å². The Morgan fingerprint density at radius 1 is 1.06 bits per heavy atom. The van der Waals surface area contributed by atoms with Crippen molar-refractivity contribution in [3.63, 3.8) is 0 Å². The Morgan fingerprint density at radius 3 is 2.44 bits per heavy atom. The Bertz CT molecular complexity index is 568. The average molecular weight is 311 g/mol. The minimum Gasteiger partial charge on any atom is -0.279 e. The van der Waals surface area contributed by atoms with Gasteiger partial charge in [0.2, 0.25) is 0 Å². The lowest BCUT2D eigenvalue weighted by molar-refractivity contribution is 0.621. The third kappa shape index (κ3) is 3.37. The van der Waals surface area contributed by atoms with Crippen LogP contribution in [0.25, 0.3) is 0 Å². The molecular weight excluding hydrogens is 302 g/mol. The molecular formula is C13H9BrF2N2. The van der Waals surface area contributed by atoms with Gasteiger partial charge in [0.15, 0.2) is 0 Å². The van der Waals surface area contributed by atoms with Crippen molar-refractivity contribution < 1.29 is 8.78 Å². The molecule has 0 aliphatic rings. The standard InChI is InChI=1S/C13H9BrF2N2/c14-12-7-9(1-6-13(12)16)8-17-18-11-4-2-10(15)3-5-11/h1-8,18H/b17-8-. The molecule has 0 aliphatic carbocycles. The van der Waals surface area contributed by atoms with E-state index in [1.165, 1.54) is 18.2 Å². The molecule has 2 rings (SSSR count). The van der Waals surface area contributed by atoms with E-state index in [4.69, 9.17) is 0 Å². The molecule has 2 nitrogen and oxygen atoms in total. The van der Waals surface area contributed by atoms with Gasteiger partial charge in [-0.1, -0.05) is 6.07 Å². The summed E-state index contributed by atoms with van der Waals surface area (Å²) < 4.78 is 26.0. The minimum atomic E-state index is -0.321. The fraction of sp³-hybridized carbons (Fsp3) is 0. The van der Waals surface area contributed by atoms with E-state index in [0.29, 0.717) is 10.2 Å². The Morgan fingerprint density at radius 2 is 1.78 bits per heavy atom. The molecule has 0 radical (unpaired) electrons. The summed E-state index contributed by atoms with van der Waals surface area (Å²) in [4.78, 5) is 0. The topological polar surface area (TPSA) is 24.4 Å². The van der Waals surface area contributed by atoms with Crippen LogP contribution in [-0.4, -0.2) is 6.21 Å². The van der Waals surface area contributed by atoms with Crippen LogP contribution in [0.4, 0.5) is 14.5 Å². The van der Waals surface area contributed by atoms with Crippen LogP contribution < -0.4 is 5.43 Å². The van der Waals surface area contributed by atoms with Gasteiger partial charge in [-0.05, 0) is 57.9 Å². The lowest BCUT2D eigenvalue weighted by Crippen LogP contribution is -1.91. The number of hydrazone groups is 1. The predicted octanol–water partition coefficient (Wildman–Crippen LogP) is 4.17. The first-order valence-electron chi connectivity index (χ1n) is 5.15. The van der Waals surface area contributed by atoms with Crippen molar-refractivity contribution in [1.82, 2.24) is 0 Å². The molecule has 18 heavy (non-hydrogen) atoms. The molecule has 0 amide bonds. The summed E-state index contributed by atoms with van der Waals surface area (Å²) in [5, 5.41) is 3.97. The summed E-state index contributed by atoms with van der Waals surface area (Å²) in [6, 6.07) is 10.4. The lowest BCUT2D eigenvalue weighted by atomic mass is 10.2. The molecule has 0 saturated carbocycles. The van der Waals surface area contributed by atoms with E-state index in [-0.39, 0.29) is 11.6 Å². The Kier molecular flexibility index (Phi) is 4.04. The fourth-order valence-electron chi connectivity index (χ4n) is 1.30. The van der Waals surface area contributed by atoms with E-state index < -0.39 is 0 Å². The van der Waals surface area contributed by atoms with E-state index in [0.717, 1.165) is 5.56 Å². The summed E-state index contributed by atoms with van der Waals surface area (Å²) in [6.07, 6.45) is 1.55. The van der Waals surface area contributed by atoms with Crippen molar-refractivity contribution in [2.24, 2.45) is 5.10 Å². The second-order valence-electron chi connectivity index (χ2n) is 3.55. The summed E-state index contributed by atoms with van der Waals surface area (Å²) in [6.45, 7) is 0. The summed E-state index contributed by atoms with van der Waals surface area (Å²) in [5.74, 6) is -0.620. The molecule has 0 fully saturated rings. The molecule has 0 unspecified atom stereocenters. The first kappa shape index (κ1) is 12.7. The number of nitrogens with zero attached hydrogens (tertiary/aromatic N) is 1. The highest BCUT2D eigenvalue weighted by molar-refractivity contribution is 9.10. The maximum Gasteiger partial charge on any atom is 0.137 e. The van der Waals surface area contributed by atoms with Crippen LogP contribution in [0, 0.1) is 11.6 Å². The van der Waals surface area contributed by atoms with Crippen LogP contribution in [0.1, 0.15) is 5.56 Å². The number of anilines is 1. The smallest absolute Gasteiger partial charge is 0.137 e. The molecule has 92 valence electrons. The molecule has 0 aliphatic heterocycles. The lowest BCUT2D eigenvalue weighted by Gasteiger charge is -2.00. The first-order valence-corrected chi connectivity index (χ1v) is 5.94. The minimum absolute atomic E-state index is 0.299. The largest absolute Gasteiger partial charge is 0.279 e. The zero-order chi connectivity index (χ0) is 13.0. The summed E-state index contributed by atoms with van der Waals surface area (Å²) in [5.41, 5.74) is 4.17. The maximum absolute atomic E-state index is 13.0. The molecule has 0 atom stereocenters. The van der Waals surface area contributed by atoms with Crippen LogP contribution in [0.3, 0.4) is 0 Å².